The normalized spacial score (nSPS) is 15.3. The van der Waals surface area contributed by atoms with Crippen LogP contribution in [0, 0.1) is 5.92 Å². The maximum Gasteiger partial charge on any atom is 0.407 e. The van der Waals surface area contributed by atoms with E-state index < -0.39 is 30.8 Å². The maximum atomic E-state index is 12.6. The highest BCUT2D eigenvalue weighted by Crippen LogP contribution is 2.30. The highest BCUT2D eigenvalue weighted by molar-refractivity contribution is 5.94. The van der Waals surface area contributed by atoms with Crippen LogP contribution in [-0.4, -0.2) is 100.0 Å². The van der Waals surface area contributed by atoms with Gasteiger partial charge in [0.05, 0.1) is 18.9 Å². The molecule has 41 heavy (non-hydrogen) atoms. The molecular weight excluding hydrogens is 543 g/mol. The average molecular weight is 578 g/mol. The van der Waals surface area contributed by atoms with Gasteiger partial charge in [0, 0.05) is 74.0 Å². The van der Waals surface area contributed by atoms with Crippen molar-refractivity contribution in [2.24, 2.45) is 5.92 Å². The molecule has 0 radical (unpaired) electrons. The van der Waals surface area contributed by atoms with Gasteiger partial charge in [-0.1, -0.05) is 13.8 Å². The number of hydrogen-bond acceptors (Lipinski definition) is 7. The number of rotatable bonds is 11. The maximum absolute atomic E-state index is 12.6. The summed E-state index contributed by atoms with van der Waals surface area (Å²) < 4.78 is 43.6. The van der Waals surface area contributed by atoms with Crippen LogP contribution in [0.5, 0.6) is 0 Å². The minimum Gasteiger partial charge on any atom is -0.465 e. The zero-order valence-corrected chi connectivity index (χ0v) is 22.9. The highest BCUT2D eigenvalue weighted by Gasteiger charge is 2.30. The van der Waals surface area contributed by atoms with Crippen molar-refractivity contribution in [3.63, 3.8) is 0 Å². The smallest absolute Gasteiger partial charge is 0.407 e. The first-order valence-corrected chi connectivity index (χ1v) is 13.3. The molecule has 0 unspecified atom stereocenters. The summed E-state index contributed by atoms with van der Waals surface area (Å²) in [5.74, 6) is -1.02. The van der Waals surface area contributed by atoms with E-state index in [9.17, 15) is 22.8 Å². The van der Waals surface area contributed by atoms with E-state index in [-0.39, 0.29) is 5.92 Å². The van der Waals surface area contributed by atoms with Crippen molar-refractivity contribution in [2.75, 3.05) is 51.2 Å². The average Bonchev–Trinajstić information content (AvgIpc) is 3.36. The number of H-pyrrole nitrogens is 1. The van der Waals surface area contributed by atoms with Crippen molar-refractivity contribution in [1.29, 1.82) is 0 Å². The molecule has 3 aromatic heterocycles. The molecule has 0 aromatic carbocycles. The van der Waals surface area contributed by atoms with Crippen molar-refractivity contribution >= 4 is 28.7 Å². The number of alkyl halides is 3. The summed E-state index contributed by atoms with van der Waals surface area (Å²) in [4.78, 5) is 39.0. The van der Waals surface area contributed by atoms with Gasteiger partial charge in [-0.3, -0.25) is 14.7 Å². The molecule has 222 valence electrons. The van der Waals surface area contributed by atoms with Crippen LogP contribution < -0.4 is 10.6 Å². The topological polar surface area (TPSA) is 136 Å². The quantitative estimate of drug-likeness (QED) is 0.254. The summed E-state index contributed by atoms with van der Waals surface area (Å²) in [5, 5.41) is 14.9. The molecule has 0 saturated carbocycles. The minimum atomic E-state index is -4.49. The van der Waals surface area contributed by atoms with Crippen molar-refractivity contribution in [1.82, 2.24) is 30.1 Å². The highest BCUT2D eigenvalue weighted by atomic mass is 19.4. The van der Waals surface area contributed by atoms with Gasteiger partial charge < -0.3 is 30.4 Å². The second-order valence-corrected chi connectivity index (χ2v) is 10.3. The first kappa shape index (κ1) is 30.1. The molecule has 4 N–H and O–H groups in total. The second kappa shape index (κ2) is 13.2. The molecule has 1 saturated heterocycles. The number of amides is 2. The Balaban J connectivity index is 1.38. The molecule has 11 nitrogen and oxygen atoms in total. The summed E-state index contributed by atoms with van der Waals surface area (Å²) in [6.45, 7) is 5.97. The lowest BCUT2D eigenvalue weighted by molar-refractivity contribution is -0.139. The third-order valence-electron chi connectivity index (χ3n) is 6.83. The third kappa shape index (κ3) is 8.30. The first-order chi connectivity index (χ1) is 19.5. The Hall–Kier alpha value is -3.91. The number of ether oxygens (including phenoxy) is 1. The van der Waals surface area contributed by atoms with E-state index in [0.717, 1.165) is 22.1 Å². The van der Waals surface area contributed by atoms with Gasteiger partial charge in [0.15, 0.2) is 0 Å². The molecule has 1 atom stereocenters. The molecule has 0 spiro atoms. The van der Waals surface area contributed by atoms with Gasteiger partial charge in [0.1, 0.15) is 18.2 Å². The van der Waals surface area contributed by atoms with Gasteiger partial charge in [-0.15, -0.1) is 0 Å². The number of anilines is 1. The lowest BCUT2D eigenvalue weighted by atomic mass is 10.0. The van der Waals surface area contributed by atoms with E-state index in [0.29, 0.717) is 57.3 Å². The van der Waals surface area contributed by atoms with Crippen LogP contribution in [0.1, 0.15) is 19.4 Å². The van der Waals surface area contributed by atoms with Crippen LogP contribution in [0.2, 0.25) is 0 Å². The number of fused-ring (bicyclic) bond motifs is 1. The number of nitrogens with zero attached hydrogens (tertiary/aromatic N) is 4. The molecule has 1 aliphatic heterocycles. The van der Waals surface area contributed by atoms with Gasteiger partial charge in [-0.2, -0.15) is 13.2 Å². The number of hydrogen-bond donors (Lipinski definition) is 4. The predicted molar refractivity (Wildman–Crippen MR) is 146 cm³/mol. The zero-order valence-electron chi connectivity index (χ0n) is 22.9. The lowest BCUT2D eigenvalue weighted by Crippen LogP contribution is -2.48. The Morgan fingerprint density at radius 1 is 1.15 bits per heavy atom. The Bertz CT molecular complexity index is 1340. The van der Waals surface area contributed by atoms with Gasteiger partial charge in [-0.25, -0.2) is 9.78 Å². The monoisotopic (exact) mass is 577 g/mol. The number of carbonyl (C=O) groups is 2. The number of aromatic amines is 1. The zero-order chi connectivity index (χ0) is 29.6. The Morgan fingerprint density at radius 2 is 1.90 bits per heavy atom. The number of carboxylic acid groups (broad SMARTS) is 1. The molecule has 3 aromatic rings. The molecule has 0 bridgehead atoms. The Labute approximate surface area is 235 Å². The van der Waals surface area contributed by atoms with E-state index in [1.165, 1.54) is 11.1 Å². The number of piperazine rings is 1. The van der Waals surface area contributed by atoms with Gasteiger partial charge in [0.2, 0.25) is 5.91 Å². The fourth-order valence-electron chi connectivity index (χ4n) is 4.59. The molecule has 0 aliphatic carbocycles. The molecule has 4 rings (SSSR count). The lowest BCUT2D eigenvalue weighted by Gasteiger charge is -2.32. The molecule has 1 fully saturated rings. The largest absolute Gasteiger partial charge is 0.465 e. The van der Waals surface area contributed by atoms with E-state index in [1.54, 1.807) is 38.5 Å². The van der Waals surface area contributed by atoms with Gasteiger partial charge in [0.25, 0.3) is 0 Å². The number of nitrogens with one attached hydrogen (secondary N) is 3. The molecular formula is C27H34F3N7O4. The Morgan fingerprint density at radius 3 is 2.59 bits per heavy atom. The van der Waals surface area contributed by atoms with Crippen LogP contribution in [0.15, 0.2) is 36.9 Å². The number of pyridine rings is 2. The fourth-order valence-corrected chi connectivity index (χ4v) is 4.59. The SMILES string of the molecule is CC(C)[C@@H](Nc1cncc(-c2c[nH]c3ncc(COCCN4CCN(C(=O)O)CC4)cc23)c1)C(=O)NCC(F)(F)F. The number of aromatic nitrogens is 3. The number of carbonyl (C=O) groups excluding carboxylic acids is 1. The van der Waals surface area contributed by atoms with E-state index in [1.807, 2.05) is 11.4 Å². The van der Waals surface area contributed by atoms with Crippen molar-refractivity contribution in [3.8, 4) is 11.1 Å². The van der Waals surface area contributed by atoms with E-state index >= 15 is 0 Å². The molecule has 2 amide bonds. The van der Waals surface area contributed by atoms with Crippen LogP contribution in [-0.2, 0) is 16.1 Å². The number of halogens is 3. The van der Waals surface area contributed by atoms with E-state index in [2.05, 4.69) is 25.2 Å². The summed E-state index contributed by atoms with van der Waals surface area (Å²) >= 11 is 0. The standard InChI is InChI=1S/C27H34F3N7O4/c1-17(2)23(25(38)34-16-27(28,29)30)35-20-10-19(12-31-13-20)22-14-33-24-21(22)9-18(11-32-24)15-41-8-7-36-3-5-37(6-4-36)26(39)40/h9-14,17,23,35H,3-8,15-16H2,1-2H3,(H,32,33)(H,34,38)(H,39,40)/t23-/m1/s1. The summed E-state index contributed by atoms with van der Waals surface area (Å²) in [5.41, 5.74) is 3.60. The molecule has 1 aliphatic rings. The Kier molecular flexibility index (Phi) is 9.65. The van der Waals surface area contributed by atoms with E-state index in [4.69, 9.17) is 9.84 Å². The van der Waals surface area contributed by atoms with Crippen molar-refractivity contribution < 1.29 is 32.6 Å². The van der Waals surface area contributed by atoms with Crippen LogP contribution in [0.25, 0.3) is 22.2 Å². The molecule has 14 heteroatoms. The van der Waals surface area contributed by atoms with Crippen molar-refractivity contribution in [2.45, 2.75) is 32.7 Å². The summed E-state index contributed by atoms with van der Waals surface area (Å²) in [6, 6.07) is 2.88. The first-order valence-electron chi connectivity index (χ1n) is 13.3. The summed E-state index contributed by atoms with van der Waals surface area (Å²) in [7, 11) is 0. The van der Waals surface area contributed by atoms with Crippen LogP contribution in [0.4, 0.5) is 23.7 Å². The summed E-state index contributed by atoms with van der Waals surface area (Å²) in [6.07, 6.45) is 1.33. The van der Waals surface area contributed by atoms with Crippen LogP contribution >= 0.6 is 0 Å². The van der Waals surface area contributed by atoms with Crippen LogP contribution in [0.3, 0.4) is 0 Å². The third-order valence-corrected chi connectivity index (χ3v) is 6.83. The minimum absolute atomic E-state index is 0.277. The predicted octanol–water partition coefficient (Wildman–Crippen LogP) is 3.55. The van der Waals surface area contributed by atoms with Crippen molar-refractivity contribution in [3.05, 3.63) is 42.5 Å². The second-order valence-electron chi connectivity index (χ2n) is 10.3. The van der Waals surface area contributed by atoms with Gasteiger partial charge >= 0.3 is 12.3 Å². The fraction of sp³-hybridized carbons (Fsp3) is 0.481. The van der Waals surface area contributed by atoms with Gasteiger partial charge in [-0.05, 0) is 23.6 Å². The molecule has 4 heterocycles.